The molecule has 0 aliphatic heterocycles. The van der Waals surface area contributed by atoms with Crippen molar-refractivity contribution in [2.45, 2.75) is 13.3 Å². The molecule has 0 spiro atoms. The van der Waals surface area contributed by atoms with E-state index in [0.29, 0.717) is 24.1 Å². The summed E-state index contributed by atoms with van der Waals surface area (Å²) in [6.45, 7) is 2.01. The molecule has 0 fully saturated rings. The number of carbonyl (C=O) groups excluding carboxylic acids is 1. The Bertz CT molecular complexity index is 632. The molecule has 2 N–H and O–H groups in total. The number of aliphatic hydroxyl groups is 1. The van der Waals surface area contributed by atoms with Crippen LogP contribution in [0.25, 0.3) is 0 Å². The average molecular weight is 302 g/mol. The van der Waals surface area contributed by atoms with E-state index in [0.717, 1.165) is 5.69 Å². The van der Waals surface area contributed by atoms with Gasteiger partial charge in [0.1, 0.15) is 5.82 Å². The lowest BCUT2D eigenvalue weighted by Gasteiger charge is -2.15. The first-order valence-electron chi connectivity index (χ1n) is 7.15. The summed E-state index contributed by atoms with van der Waals surface area (Å²) in [6, 6.07) is 9.70. The predicted molar refractivity (Wildman–Crippen MR) is 82.0 cm³/mol. The van der Waals surface area contributed by atoms with Crippen LogP contribution in [0.1, 0.15) is 21.6 Å². The van der Waals surface area contributed by atoms with Crippen molar-refractivity contribution in [3.8, 4) is 0 Å². The Kier molecular flexibility index (Phi) is 5.61. The minimum Gasteiger partial charge on any atom is -0.396 e. The number of hydrogen-bond donors (Lipinski definition) is 2. The molecule has 1 unspecified atom stereocenters. The van der Waals surface area contributed by atoms with Crippen LogP contribution in [0.2, 0.25) is 0 Å². The lowest BCUT2D eigenvalue weighted by Crippen LogP contribution is -2.32. The van der Waals surface area contributed by atoms with Crippen molar-refractivity contribution in [1.82, 2.24) is 10.3 Å². The molecule has 2 rings (SSSR count). The van der Waals surface area contributed by atoms with E-state index >= 15 is 0 Å². The minimum atomic E-state index is -0.442. The quantitative estimate of drug-likeness (QED) is 0.859. The predicted octanol–water partition coefficient (Wildman–Crippen LogP) is 2.11. The van der Waals surface area contributed by atoms with Gasteiger partial charge in [0.2, 0.25) is 0 Å². The number of rotatable bonds is 6. The van der Waals surface area contributed by atoms with Crippen molar-refractivity contribution in [3.05, 3.63) is 65.2 Å². The van der Waals surface area contributed by atoms with Crippen molar-refractivity contribution in [3.63, 3.8) is 0 Å². The molecule has 0 radical (unpaired) electrons. The molecule has 1 aromatic heterocycles. The molecule has 5 heteroatoms. The van der Waals surface area contributed by atoms with E-state index in [-0.39, 0.29) is 18.4 Å². The molecular formula is C17H19FN2O2. The highest BCUT2D eigenvalue weighted by molar-refractivity contribution is 5.95. The van der Waals surface area contributed by atoms with Gasteiger partial charge in [-0.3, -0.25) is 9.78 Å². The van der Waals surface area contributed by atoms with Crippen LogP contribution in [0.4, 0.5) is 4.39 Å². The Morgan fingerprint density at radius 1 is 1.36 bits per heavy atom. The first-order chi connectivity index (χ1) is 10.6. The number of hydrogen-bond acceptors (Lipinski definition) is 3. The van der Waals surface area contributed by atoms with E-state index in [9.17, 15) is 14.3 Å². The molecule has 0 saturated carbocycles. The van der Waals surface area contributed by atoms with Gasteiger partial charge in [0.15, 0.2) is 0 Å². The van der Waals surface area contributed by atoms with E-state index in [1.54, 1.807) is 19.2 Å². The lowest BCUT2D eigenvalue weighted by atomic mass is 10.0. The van der Waals surface area contributed by atoms with Gasteiger partial charge in [0.25, 0.3) is 5.91 Å². The summed E-state index contributed by atoms with van der Waals surface area (Å²) >= 11 is 0. The third-order valence-corrected chi connectivity index (χ3v) is 3.48. The molecule has 0 bridgehead atoms. The third-order valence-electron chi connectivity index (χ3n) is 3.48. The Hall–Kier alpha value is -2.27. The average Bonchev–Trinajstić information content (AvgIpc) is 2.54. The monoisotopic (exact) mass is 302 g/mol. The fourth-order valence-corrected chi connectivity index (χ4v) is 2.19. The fraction of sp³-hybridized carbons (Fsp3) is 0.294. The van der Waals surface area contributed by atoms with Gasteiger partial charge < -0.3 is 10.4 Å². The molecule has 22 heavy (non-hydrogen) atoms. The number of halogens is 1. The molecule has 2 aromatic rings. The number of nitrogens with one attached hydrogen (secondary N) is 1. The topological polar surface area (TPSA) is 62.2 Å². The SMILES string of the molecule is Cc1ccc(F)cc1C(=O)NCC(CO)Cc1ccccn1. The van der Waals surface area contributed by atoms with Crippen molar-refractivity contribution < 1.29 is 14.3 Å². The van der Waals surface area contributed by atoms with Gasteiger partial charge in [-0.05, 0) is 43.2 Å². The van der Waals surface area contributed by atoms with E-state index in [2.05, 4.69) is 10.3 Å². The van der Waals surface area contributed by atoms with Gasteiger partial charge in [0.05, 0.1) is 0 Å². The summed E-state index contributed by atoms with van der Waals surface area (Å²) in [4.78, 5) is 16.3. The molecule has 1 aromatic carbocycles. The normalized spacial score (nSPS) is 12.0. The van der Waals surface area contributed by atoms with Crippen molar-refractivity contribution in [1.29, 1.82) is 0 Å². The Labute approximate surface area is 129 Å². The summed E-state index contributed by atoms with van der Waals surface area (Å²) < 4.78 is 13.2. The zero-order valence-corrected chi connectivity index (χ0v) is 12.4. The van der Waals surface area contributed by atoms with Crippen molar-refractivity contribution in [2.24, 2.45) is 5.92 Å². The molecular weight excluding hydrogens is 283 g/mol. The first kappa shape index (κ1) is 16.1. The molecule has 0 aliphatic carbocycles. The van der Waals surface area contributed by atoms with Crippen LogP contribution in [0.15, 0.2) is 42.6 Å². The number of nitrogens with zero attached hydrogens (tertiary/aromatic N) is 1. The summed E-state index contributed by atoms with van der Waals surface area (Å²) in [7, 11) is 0. The first-order valence-corrected chi connectivity index (χ1v) is 7.15. The maximum atomic E-state index is 13.2. The van der Waals surface area contributed by atoms with Crippen LogP contribution >= 0.6 is 0 Å². The zero-order chi connectivity index (χ0) is 15.9. The van der Waals surface area contributed by atoms with Crippen LogP contribution < -0.4 is 5.32 Å². The largest absolute Gasteiger partial charge is 0.396 e. The van der Waals surface area contributed by atoms with Gasteiger partial charge in [-0.25, -0.2) is 4.39 Å². The van der Waals surface area contributed by atoms with Crippen LogP contribution in [0.3, 0.4) is 0 Å². The molecule has 1 heterocycles. The number of carbonyl (C=O) groups is 1. The fourth-order valence-electron chi connectivity index (χ4n) is 2.19. The summed E-state index contributed by atoms with van der Waals surface area (Å²) in [6.07, 6.45) is 2.26. The molecule has 1 atom stereocenters. The highest BCUT2D eigenvalue weighted by Crippen LogP contribution is 2.11. The van der Waals surface area contributed by atoms with E-state index in [1.807, 2.05) is 18.2 Å². The Morgan fingerprint density at radius 3 is 2.86 bits per heavy atom. The van der Waals surface area contributed by atoms with E-state index in [1.165, 1.54) is 12.1 Å². The lowest BCUT2D eigenvalue weighted by molar-refractivity contribution is 0.0938. The van der Waals surface area contributed by atoms with E-state index in [4.69, 9.17) is 0 Å². The molecule has 1 amide bonds. The molecule has 4 nitrogen and oxygen atoms in total. The highest BCUT2D eigenvalue weighted by atomic mass is 19.1. The Balaban J connectivity index is 1.95. The second-order valence-corrected chi connectivity index (χ2v) is 5.24. The van der Waals surface area contributed by atoms with Gasteiger partial charge in [0, 0.05) is 36.5 Å². The van der Waals surface area contributed by atoms with Gasteiger partial charge in [-0.2, -0.15) is 0 Å². The molecule has 0 aliphatic rings. The second kappa shape index (κ2) is 7.66. The molecule has 0 saturated heterocycles. The van der Waals surface area contributed by atoms with Crippen LogP contribution in [-0.4, -0.2) is 29.1 Å². The van der Waals surface area contributed by atoms with Crippen molar-refractivity contribution >= 4 is 5.91 Å². The zero-order valence-electron chi connectivity index (χ0n) is 12.4. The number of aryl methyl sites for hydroxylation is 1. The van der Waals surface area contributed by atoms with Crippen LogP contribution in [0.5, 0.6) is 0 Å². The van der Waals surface area contributed by atoms with Gasteiger partial charge in [-0.1, -0.05) is 12.1 Å². The van der Waals surface area contributed by atoms with Gasteiger partial charge in [-0.15, -0.1) is 0 Å². The van der Waals surface area contributed by atoms with Crippen LogP contribution in [0, 0.1) is 18.7 Å². The number of aliphatic hydroxyl groups excluding tert-OH is 1. The summed E-state index contributed by atoms with van der Waals surface area (Å²) in [5, 5.41) is 12.2. The maximum absolute atomic E-state index is 13.2. The highest BCUT2D eigenvalue weighted by Gasteiger charge is 2.14. The van der Waals surface area contributed by atoms with Gasteiger partial charge >= 0.3 is 0 Å². The second-order valence-electron chi connectivity index (χ2n) is 5.24. The molecule has 116 valence electrons. The number of pyridine rings is 1. The Morgan fingerprint density at radius 2 is 2.18 bits per heavy atom. The minimum absolute atomic E-state index is 0.0566. The number of aromatic nitrogens is 1. The van der Waals surface area contributed by atoms with E-state index < -0.39 is 5.82 Å². The maximum Gasteiger partial charge on any atom is 0.251 e. The third kappa shape index (κ3) is 4.36. The van der Waals surface area contributed by atoms with Crippen molar-refractivity contribution in [2.75, 3.05) is 13.2 Å². The number of benzene rings is 1. The summed E-state index contributed by atoms with van der Waals surface area (Å²) in [5.74, 6) is -0.910. The van der Waals surface area contributed by atoms with Crippen LogP contribution in [-0.2, 0) is 6.42 Å². The summed E-state index contributed by atoms with van der Waals surface area (Å²) in [5.41, 5.74) is 1.89. The standard InChI is InChI=1S/C17H19FN2O2/c1-12-5-6-14(18)9-16(12)17(22)20-10-13(11-21)8-15-4-2-3-7-19-15/h2-7,9,13,21H,8,10-11H2,1H3,(H,20,22). The number of amides is 1. The smallest absolute Gasteiger partial charge is 0.251 e.